The number of benzene rings is 2. The monoisotopic (exact) mass is 444 g/mol. The van der Waals surface area contributed by atoms with Gasteiger partial charge < -0.3 is 10.1 Å². The van der Waals surface area contributed by atoms with Crippen molar-refractivity contribution in [2.45, 2.75) is 19.9 Å². The van der Waals surface area contributed by atoms with E-state index in [0.29, 0.717) is 27.0 Å². The van der Waals surface area contributed by atoms with Crippen LogP contribution in [0.1, 0.15) is 12.5 Å². The maximum absolute atomic E-state index is 12.5. The van der Waals surface area contributed by atoms with Crippen LogP contribution in [0.25, 0.3) is 0 Å². The SMILES string of the molecule is Cc1ccc(Cl)cc1N([C@@H](C)C(=O)NCCOc1ccccc1Cl)S(C)(=O)=O. The number of rotatable bonds is 8. The molecule has 0 aliphatic rings. The first-order chi connectivity index (χ1) is 13.1. The van der Waals surface area contributed by atoms with Crippen LogP contribution in [0.5, 0.6) is 5.75 Å². The Morgan fingerprint density at radius 1 is 1.21 bits per heavy atom. The van der Waals surface area contributed by atoms with Gasteiger partial charge in [0.15, 0.2) is 0 Å². The minimum atomic E-state index is -3.72. The molecule has 1 atom stereocenters. The normalized spacial score (nSPS) is 12.3. The van der Waals surface area contributed by atoms with Crippen molar-refractivity contribution in [1.29, 1.82) is 0 Å². The van der Waals surface area contributed by atoms with E-state index in [0.717, 1.165) is 10.6 Å². The van der Waals surface area contributed by atoms with Gasteiger partial charge in [0, 0.05) is 5.02 Å². The number of halogens is 2. The Bertz CT molecular complexity index is 951. The van der Waals surface area contributed by atoms with Gasteiger partial charge in [0.25, 0.3) is 0 Å². The topological polar surface area (TPSA) is 75.7 Å². The first-order valence-corrected chi connectivity index (χ1v) is 11.1. The summed E-state index contributed by atoms with van der Waals surface area (Å²) in [6.07, 6.45) is 1.05. The molecule has 0 heterocycles. The quantitative estimate of drug-likeness (QED) is 0.630. The molecule has 9 heteroatoms. The molecule has 152 valence electrons. The molecule has 28 heavy (non-hydrogen) atoms. The highest BCUT2D eigenvalue weighted by Crippen LogP contribution is 2.28. The molecule has 0 saturated heterocycles. The number of nitrogens with one attached hydrogen (secondary N) is 1. The minimum absolute atomic E-state index is 0.192. The molecule has 0 aliphatic heterocycles. The van der Waals surface area contributed by atoms with Gasteiger partial charge in [0.05, 0.1) is 23.5 Å². The number of carbonyl (C=O) groups is 1. The Balaban J connectivity index is 2.06. The van der Waals surface area contributed by atoms with Crippen LogP contribution in [0, 0.1) is 6.92 Å². The number of aryl methyl sites for hydroxylation is 1. The van der Waals surface area contributed by atoms with E-state index in [1.807, 2.05) is 0 Å². The molecule has 2 aromatic rings. The van der Waals surface area contributed by atoms with E-state index < -0.39 is 22.0 Å². The van der Waals surface area contributed by atoms with Gasteiger partial charge in [0.2, 0.25) is 15.9 Å². The Morgan fingerprint density at radius 2 is 1.89 bits per heavy atom. The number of hydrogen-bond donors (Lipinski definition) is 1. The largest absolute Gasteiger partial charge is 0.490 e. The maximum Gasteiger partial charge on any atom is 0.243 e. The second-order valence-corrected chi connectivity index (χ2v) is 8.94. The van der Waals surface area contributed by atoms with Crippen molar-refractivity contribution in [1.82, 2.24) is 5.32 Å². The molecule has 2 rings (SSSR count). The molecule has 0 aromatic heterocycles. The minimum Gasteiger partial charge on any atom is -0.490 e. The molecular formula is C19H22Cl2N2O4S. The van der Waals surface area contributed by atoms with Crippen molar-refractivity contribution >= 4 is 44.8 Å². The van der Waals surface area contributed by atoms with E-state index in [9.17, 15) is 13.2 Å². The molecule has 1 N–H and O–H groups in total. The Labute approximate surface area is 175 Å². The van der Waals surface area contributed by atoms with Gasteiger partial charge in [-0.1, -0.05) is 41.4 Å². The van der Waals surface area contributed by atoms with E-state index in [1.54, 1.807) is 43.3 Å². The maximum atomic E-state index is 12.5. The molecular weight excluding hydrogens is 423 g/mol. The predicted octanol–water partition coefficient (Wildman–Crippen LogP) is 3.65. The third kappa shape index (κ3) is 5.77. The zero-order valence-corrected chi connectivity index (χ0v) is 18.1. The first-order valence-electron chi connectivity index (χ1n) is 8.52. The number of para-hydroxylation sites is 1. The Hall–Kier alpha value is -1.96. The lowest BCUT2D eigenvalue weighted by Crippen LogP contribution is -2.48. The zero-order chi connectivity index (χ0) is 20.9. The van der Waals surface area contributed by atoms with Gasteiger partial charge >= 0.3 is 0 Å². The number of amides is 1. The van der Waals surface area contributed by atoms with Crippen LogP contribution in [-0.4, -0.2) is 39.8 Å². The number of sulfonamides is 1. The average Bonchev–Trinajstić information content (AvgIpc) is 2.61. The molecule has 0 radical (unpaired) electrons. The van der Waals surface area contributed by atoms with Crippen molar-refractivity contribution < 1.29 is 17.9 Å². The predicted molar refractivity (Wildman–Crippen MR) is 113 cm³/mol. The van der Waals surface area contributed by atoms with Gasteiger partial charge in [-0.2, -0.15) is 0 Å². The fourth-order valence-corrected chi connectivity index (χ4v) is 4.23. The van der Waals surface area contributed by atoms with Crippen LogP contribution in [0.2, 0.25) is 10.0 Å². The van der Waals surface area contributed by atoms with E-state index in [2.05, 4.69) is 5.32 Å². The van der Waals surface area contributed by atoms with Gasteiger partial charge in [0.1, 0.15) is 18.4 Å². The Morgan fingerprint density at radius 3 is 2.54 bits per heavy atom. The highest BCUT2D eigenvalue weighted by Gasteiger charge is 2.30. The third-order valence-corrected chi connectivity index (χ3v) is 5.77. The van der Waals surface area contributed by atoms with Gasteiger partial charge in [-0.25, -0.2) is 8.42 Å². The molecule has 0 unspecified atom stereocenters. The second-order valence-electron chi connectivity index (χ2n) is 6.24. The summed E-state index contributed by atoms with van der Waals surface area (Å²) >= 11 is 12.0. The van der Waals surface area contributed by atoms with Gasteiger partial charge in [-0.05, 0) is 43.7 Å². The van der Waals surface area contributed by atoms with Crippen LogP contribution in [-0.2, 0) is 14.8 Å². The molecule has 0 spiro atoms. The summed E-state index contributed by atoms with van der Waals surface area (Å²) in [6.45, 7) is 3.66. The summed E-state index contributed by atoms with van der Waals surface area (Å²) in [4.78, 5) is 12.5. The van der Waals surface area contributed by atoms with Crippen LogP contribution in [0.15, 0.2) is 42.5 Å². The fourth-order valence-electron chi connectivity index (χ4n) is 2.65. The van der Waals surface area contributed by atoms with Crippen molar-refractivity contribution in [3.63, 3.8) is 0 Å². The van der Waals surface area contributed by atoms with Crippen LogP contribution in [0.4, 0.5) is 5.69 Å². The number of carbonyl (C=O) groups excluding carboxylic acids is 1. The van der Waals surface area contributed by atoms with Crippen molar-refractivity contribution in [2.75, 3.05) is 23.7 Å². The van der Waals surface area contributed by atoms with Crippen LogP contribution >= 0.6 is 23.2 Å². The summed E-state index contributed by atoms with van der Waals surface area (Å²) in [6, 6.07) is 10.9. The van der Waals surface area contributed by atoms with Crippen LogP contribution in [0.3, 0.4) is 0 Å². The van der Waals surface area contributed by atoms with Crippen LogP contribution < -0.4 is 14.4 Å². The summed E-state index contributed by atoms with van der Waals surface area (Å²) in [7, 11) is -3.72. The fraction of sp³-hybridized carbons (Fsp3) is 0.316. The van der Waals surface area contributed by atoms with Crippen molar-refractivity contribution in [3.8, 4) is 5.75 Å². The zero-order valence-electron chi connectivity index (χ0n) is 15.8. The number of hydrogen-bond acceptors (Lipinski definition) is 4. The average molecular weight is 445 g/mol. The Kier molecular flexibility index (Phi) is 7.57. The first kappa shape index (κ1) is 22.3. The summed E-state index contributed by atoms with van der Waals surface area (Å²) in [5.74, 6) is 0.0614. The highest BCUT2D eigenvalue weighted by atomic mass is 35.5. The number of ether oxygens (including phenoxy) is 1. The van der Waals surface area contributed by atoms with Crippen molar-refractivity contribution in [2.24, 2.45) is 0 Å². The molecule has 1 amide bonds. The second kappa shape index (κ2) is 9.49. The highest BCUT2D eigenvalue weighted by molar-refractivity contribution is 7.92. The van der Waals surface area contributed by atoms with E-state index in [-0.39, 0.29) is 13.2 Å². The summed E-state index contributed by atoms with van der Waals surface area (Å²) < 4.78 is 31.3. The third-order valence-electron chi connectivity index (χ3n) is 3.99. The van der Waals surface area contributed by atoms with Gasteiger partial charge in [-0.3, -0.25) is 9.10 Å². The lowest BCUT2D eigenvalue weighted by molar-refractivity contribution is -0.121. The summed E-state index contributed by atoms with van der Waals surface area (Å²) in [5.41, 5.74) is 1.06. The summed E-state index contributed by atoms with van der Waals surface area (Å²) in [5, 5.41) is 3.54. The van der Waals surface area contributed by atoms with Gasteiger partial charge in [-0.15, -0.1) is 0 Å². The smallest absolute Gasteiger partial charge is 0.243 e. The van der Waals surface area contributed by atoms with E-state index in [1.165, 1.54) is 13.0 Å². The van der Waals surface area contributed by atoms with E-state index in [4.69, 9.17) is 27.9 Å². The molecule has 0 aliphatic carbocycles. The lowest BCUT2D eigenvalue weighted by Gasteiger charge is -2.29. The molecule has 2 aromatic carbocycles. The number of anilines is 1. The van der Waals surface area contributed by atoms with E-state index >= 15 is 0 Å². The number of nitrogens with zero attached hydrogens (tertiary/aromatic N) is 1. The molecule has 0 bridgehead atoms. The molecule has 0 fully saturated rings. The lowest BCUT2D eigenvalue weighted by atomic mass is 10.2. The molecule has 0 saturated carbocycles. The standard InChI is InChI=1S/C19H22Cl2N2O4S/c1-13-8-9-15(20)12-17(13)23(28(3,25)26)14(2)19(24)22-10-11-27-18-7-5-4-6-16(18)21/h4-9,12,14H,10-11H2,1-3H3,(H,22,24)/t14-/m0/s1. The molecule has 6 nitrogen and oxygen atoms in total. The van der Waals surface area contributed by atoms with Crippen molar-refractivity contribution in [3.05, 3.63) is 58.1 Å².